The summed E-state index contributed by atoms with van der Waals surface area (Å²) in [6.45, 7) is 5.50. The van der Waals surface area contributed by atoms with E-state index in [2.05, 4.69) is 26.6 Å². The molecule has 0 fully saturated rings. The average Bonchev–Trinajstić information content (AvgIpc) is 3.15. The van der Waals surface area contributed by atoms with Crippen LogP contribution in [0, 0.1) is 12.8 Å². The van der Waals surface area contributed by atoms with E-state index in [1.165, 1.54) is 16.2 Å². The van der Waals surface area contributed by atoms with Crippen LogP contribution in [0.4, 0.5) is 5.69 Å². The Balaban J connectivity index is 1.99. The Morgan fingerprint density at radius 2 is 1.93 bits per heavy atom. The Morgan fingerprint density at radius 1 is 1.21 bits per heavy atom. The van der Waals surface area contributed by atoms with E-state index < -0.39 is 6.04 Å². The zero-order valence-electron chi connectivity index (χ0n) is 16.3. The van der Waals surface area contributed by atoms with Crippen LogP contribution in [0.2, 0.25) is 0 Å². The molecule has 6 nitrogen and oxygen atoms in total. The highest BCUT2D eigenvalue weighted by molar-refractivity contribution is 9.10. The van der Waals surface area contributed by atoms with Gasteiger partial charge >= 0.3 is 0 Å². The molecule has 3 amide bonds. The van der Waals surface area contributed by atoms with E-state index in [-0.39, 0.29) is 30.2 Å². The third-order valence-electron chi connectivity index (χ3n) is 4.18. The van der Waals surface area contributed by atoms with Crippen molar-refractivity contribution in [2.45, 2.75) is 26.8 Å². The number of carbonyl (C=O) groups excluding carboxylic acids is 3. The van der Waals surface area contributed by atoms with Crippen molar-refractivity contribution in [3.8, 4) is 0 Å². The number of hydrogen-bond donors (Lipinski definition) is 2. The summed E-state index contributed by atoms with van der Waals surface area (Å²) in [6.07, 6.45) is 0. The number of halogens is 1. The smallest absolute Gasteiger partial charge is 0.262 e. The van der Waals surface area contributed by atoms with Gasteiger partial charge < -0.3 is 15.5 Å². The lowest BCUT2D eigenvalue weighted by Crippen LogP contribution is -2.51. The van der Waals surface area contributed by atoms with E-state index in [1.54, 1.807) is 25.2 Å². The van der Waals surface area contributed by atoms with Gasteiger partial charge in [0.15, 0.2) is 0 Å². The molecule has 0 spiro atoms. The van der Waals surface area contributed by atoms with Gasteiger partial charge in [0.05, 0.1) is 11.4 Å². The van der Waals surface area contributed by atoms with Crippen molar-refractivity contribution in [3.05, 3.63) is 50.6 Å². The summed E-state index contributed by atoms with van der Waals surface area (Å²) in [7, 11) is 1.56. The van der Waals surface area contributed by atoms with E-state index >= 15 is 0 Å². The molecule has 0 bridgehead atoms. The van der Waals surface area contributed by atoms with Crippen LogP contribution >= 0.6 is 27.3 Å². The summed E-state index contributed by atoms with van der Waals surface area (Å²) < 4.78 is 0.927. The average molecular weight is 466 g/mol. The molecule has 0 aliphatic heterocycles. The Bertz CT molecular complexity index is 852. The van der Waals surface area contributed by atoms with Crippen LogP contribution in [0.5, 0.6) is 0 Å². The Labute approximate surface area is 177 Å². The van der Waals surface area contributed by atoms with Crippen molar-refractivity contribution in [2.24, 2.45) is 5.92 Å². The molecular weight excluding hydrogens is 442 g/mol. The van der Waals surface area contributed by atoms with Gasteiger partial charge in [0.1, 0.15) is 6.04 Å². The molecule has 1 aromatic carbocycles. The van der Waals surface area contributed by atoms with Crippen LogP contribution in [0.15, 0.2) is 40.2 Å². The first-order chi connectivity index (χ1) is 13.2. The first-order valence-corrected chi connectivity index (χ1v) is 10.5. The largest absolute Gasteiger partial charge is 0.339 e. The number of benzene rings is 1. The Kier molecular flexibility index (Phi) is 7.77. The second kappa shape index (κ2) is 9.84. The highest BCUT2D eigenvalue weighted by Gasteiger charge is 2.28. The number of amides is 3. The summed E-state index contributed by atoms with van der Waals surface area (Å²) in [5, 5.41) is 7.40. The van der Waals surface area contributed by atoms with Crippen molar-refractivity contribution in [1.29, 1.82) is 0 Å². The first-order valence-electron chi connectivity index (χ1n) is 8.84. The number of nitrogens with one attached hydrogen (secondary N) is 2. The summed E-state index contributed by atoms with van der Waals surface area (Å²) in [5.41, 5.74) is 1.61. The van der Waals surface area contributed by atoms with E-state index in [4.69, 9.17) is 0 Å². The number of anilines is 1. The van der Waals surface area contributed by atoms with Crippen molar-refractivity contribution in [2.75, 3.05) is 18.9 Å². The van der Waals surface area contributed by atoms with Crippen molar-refractivity contribution in [1.82, 2.24) is 10.2 Å². The maximum atomic E-state index is 12.8. The van der Waals surface area contributed by atoms with Gasteiger partial charge in [-0.05, 0) is 48.1 Å². The normalized spacial score (nSPS) is 11.8. The minimum Gasteiger partial charge on any atom is -0.339 e. The second-order valence-electron chi connectivity index (χ2n) is 6.87. The van der Waals surface area contributed by atoms with E-state index in [9.17, 15) is 14.4 Å². The number of likely N-dealkylation sites (N-methyl/N-ethyl adjacent to an activating group) is 1. The van der Waals surface area contributed by atoms with Gasteiger partial charge in [0, 0.05) is 17.2 Å². The lowest BCUT2D eigenvalue weighted by molar-refractivity contribution is -0.135. The molecule has 1 unspecified atom stereocenters. The van der Waals surface area contributed by atoms with Crippen molar-refractivity contribution in [3.63, 3.8) is 0 Å². The molecule has 0 radical (unpaired) electrons. The second-order valence-corrected chi connectivity index (χ2v) is 8.74. The summed E-state index contributed by atoms with van der Waals surface area (Å²) >= 11 is 4.70. The molecule has 150 valence electrons. The van der Waals surface area contributed by atoms with E-state index in [0.29, 0.717) is 10.6 Å². The molecule has 8 heteroatoms. The zero-order valence-corrected chi connectivity index (χ0v) is 18.7. The standard InChI is InChI=1S/C20H24BrN3O3S/c1-12(2)18(23-19(26)16-6-5-9-28-16)20(27)24(4)11-17(25)22-15-8-7-14(21)10-13(15)3/h5-10,12,18H,11H2,1-4H3,(H,22,25)(H,23,26). The monoisotopic (exact) mass is 465 g/mol. The molecule has 0 saturated carbocycles. The van der Waals surface area contributed by atoms with Crippen LogP contribution in [0.3, 0.4) is 0 Å². The SMILES string of the molecule is Cc1cc(Br)ccc1NC(=O)CN(C)C(=O)C(NC(=O)c1cccs1)C(C)C. The molecule has 0 aliphatic rings. The van der Waals surface area contributed by atoms with Gasteiger partial charge in [-0.15, -0.1) is 11.3 Å². The Morgan fingerprint density at radius 3 is 2.50 bits per heavy atom. The van der Waals surface area contributed by atoms with Crippen molar-refractivity contribution >= 4 is 50.7 Å². The van der Waals surface area contributed by atoms with Crippen LogP contribution < -0.4 is 10.6 Å². The molecule has 2 rings (SSSR count). The van der Waals surface area contributed by atoms with Gasteiger partial charge in [-0.3, -0.25) is 14.4 Å². The predicted molar refractivity (Wildman–Crippen MR) is 116 cm³/mol. The van der Waals surface area contributed by atoms with Gasteiger partial charge in [-0.2, -0.15) is 0 Å². The van der Waals surface area contributed by atoms with Crippen LogP contribution in [-0.2, 0) is 9.59 Å². The minimum atomic E-state index is -0.707. The van der Waals surface area contributed by atoms with E-state index in [0.717, 1.165) is 10.0 Å². The fourth-order valence-corrected chi connectivity index (χ4v) is 3.72. The van der Waals surface area contributed by atoms with Gasteiger partial charge in [0.25, 0.3) is 5.91 Å². The maximum absolute atomic E-state index is 12.8. The molecule has 2 aromatic rings. The number of carbonyl (C=O) groups is 3. The number of nitrogens with zero attached hydrogens (tertiary/aromatic N) is 1. The number of hydrogen-bond acceptors (Lipinski definition) is 4. The van der Waals surface area contributed by atoms with Crippen LogP contribution in [0.25, 0.3) is 0 Å². The van der Waals surface area contributed by atoms with Crippen LogP contribution in [-0.4, -0.2) is 42.3 Å². The van der Waals surface area contributed by atoms with Crippen LogP contribution in [0.1, 0.15) is 29.1 Å². The lowest BCUT2D eigenvalue weighted by atomic mass is 10.0. The van der Waals surface area contributed by atoms with Gasteiger partial charge in [-0.25, -0.2) is 0 Å². The quantitative estimate of drug-likeness (QED) is 0.654. The van der Waals surface area contributed by atoms with Gasteiger partial charge in [0.2, 0.25) is 11.8 Å². The number of thiophene rings is 1. The lowest BCUT2D eigenvalue weighted by Gasteiger charge is -2.26. The number of rotatable bonds is 7. The highest BCUT2D eigenvalue weighted by Crippen LogP contribution is 2.20. The molecule has 2 N–H and O–H groups in total. The van der Waals surface area contributed by atoms with Crippen molar-refractivity contribution < 1.29 is 14.4 Å². The minimum absolute atomic E-state index is 0.105. The fourth-order valence-electron chi connectivity index (χ4n) is 2.62. The predicted octanol–water partition coefficient (Wildman–Crippen LogP) is 3.67. The third-order valence-corrected chi connectivity index (χ3v) is 5.55. The first kappa shape index (κ1) is 22.1. The number of aryl methyl sites for hydroxylation is 1. The topological polar surface area (TPSA) is 78.5 Å². The summed E-state index contributed by atoms with van der Waals surface area (Å²) in [6, 6.07) is 8.33. The Hall–Kier alpha value is -2.19. The molecule has 1 aromatic heterocycles. The molecule has 1 heterocycles. The highest BCUT2D eigenvalue weighted by atomic mass is 79.9. The molecule has 0 aliphatic carbocycles. The summed E-state index contributed by atoms with van der Waals surface area (Å²) in [4.78, 5) is 39.4. The maximum Gasteiger partial charge on any atom is 0.262 e. The molecule has 0 saturated heterocycles. The van der Waals surface area contributed by atoms with Gasteiger partial charge in [-0.1, -0.05) is 35.8 Å². The molecular formula is C20H24BrN3O3S. The summed E-state index contributed by atoms with van der Waals surface area (Å²) in [5.74, 6) is -1.00. The third kappa shape index (κ3) is 5.90. The molecule has 28 heavy (non-hydrogen) atoms. The molecule has 1 atom stereocenters. The fraction of sp³-hybridized carbons (Fsp3) is 0.350. The zero-order chi connectivity index (χ0) is 20.8. The van der Waals surface area contributed by atoms with E-state index in [1.807, 2.05) is 38.3 Å².